The molecule has 0 spiro atoms. The van der Waals surface area contributed by atoms with E-state index in [2.05, 4.69) is 17.2 Å². The first kappa shape index (κ1) is 12.8. The number of hydrogen-bond acceptors (Lipinski definition) is 3. The molecular weight excluding hydrogens is 220 g/mol. The van der Waals surface area contributed by atoms with Crippen molar-refractivity contribution >= 4 is 17.5 Å². The van der Waals surface area contributed by atoms with Crippen LogP contribution in [0.4, 0.5) is 5.69 Å². The summed E-state index contributed by atoms with van der Waals surface area (Å²) in [5, 5.41) is 4.84. The molecule has 17 heavy (non-hydrogen) atoms. The van der Waals surface area contributed by atoms with Gasteiger partial charge in [0, 0.05) is 18.3 Å². The summed E-state index contributed by atoms with van der Waals surface area (Å²) in [4.78, 5) is 22.7. The van der Waals surface area contributed by atoms with Crippen LogP contribution in [0.3, 0.4) is 0 Å². The van der Waals surface area contributed by atoms with E-state index >= 15 is 0 Å². The molecule has 0 aliphatic carbocycles. The van der Waals surface area contributed by atoms with E-state index in [1.807, 2.05) is 0 Å². The van der Waals surface area contributed by atoms with Gasteiger partial charge in [0.25, 0.3) is 0 Å². The maximum atomic E-state index is 11.4. The molecule has 0 unspecified atom stereocenters. The van der Waals surface area contributed by atoms with Crippen LogP contribution in [0.2, 0.25) is 0 Å². The van der Waals surface area contributed by atoms with E-state index in [0.717, 1.165) is 0 Å². The van der Waals surface area contributed by atoms with Crippen LogP contribution in [0.1, 0.15) is 0 Å². The Morgan fingerprint density at radius 3 is 2.82 bits per heavy atom. The molecule has 0 saturated heterocycles. The van der Waals surface area contributed by atoms with E-state index in [1.165, 1.54) is 13.2 Å². The van der Waals surface area contributed by atoms with Gasteiger partial charge in [-0.15, -0.1) is 6.58 Å². The van der Waals surface area contributed by atoms with Crippen molar-refractivity contribution in [3.8, 4) is 5.75 Å². The second-order valence-electron chi connectivity index (χ2n) is 3.18. The third-order valence-corrected chi connectivity index (χ3v) is 1.94. The lowest BCUT2D eigenvalue weighted by Gasteiger charge is -2.06. The first-order valence-electron chi connectivity index (χ1n) is 5.01. The third kappa shape index (κ3) is 3.98. The van der Waals surface area contributed by atoms with E-state index in [4.69, 9.17) is 4.74 Å². The Morgan fingerprint density at radius 1 is 1.41 bits per heavy atom. The van der Waals surface area contributed by atoms with Gasteiger partial charge in [-0.2, -0.15) is 0 Å². The van der Waals surface area contributed by atoms with Crippen molar-refractivity contribution in [3.63, 3.8) is 0 Å². The Morgan fingerprint density at radius 2 is 2.18 bits per heavy atom. The fraction of sp³-hybridized carbons (Fsp3) is 0.167. The largest absolute Gasteiger partial charge is 0.497 e. The zero-order chi connectivity index (χ0) is 12.7. The van der Waals surface area contributed by atoms with Gasteiger partial charge in [-0.05, 0) is 12.1 Å². The minimum atomic E-state index is -0.722. The van der Waals surface area contributed by atoms with E-state index in [0.29, 0.717) is 11.4 Å². The SMILES string of the molecule is C=CCNC(=O)C(=O)Nc1cccc(OC)c1. The smallest absolute Gasteiger partial charge is 0.313 e. The lowest BCUT2D eigenvalue weighted by atomic mass is 10.3. The molecule has 0 heterocycles. The molecule has 90 valence electrons. The lowest BCUT2D eigenvalue weighted by molar-refractivity contribution is -0.136. The fourth-order valence-corrected chi connectivity index (χ4v) is 1.13. The zero-order valence-corrected chi connectivity index (χ0v) is 9.53. The van der Waals surface area contributed by atoms with Crippen molar-refractivity contribution in [1.82, 2.24) is 5.32 Å². The number of anilines is 1. The van der Waals surface area contributed by atoms with Gasteiger partial charge >= 0.3 is 11.8 Å². The highest BCUT2D eigenvalue weighted by Crippen LogP contribution is 2.16. The molecule has 1 rings (SSSR count). The number of nitrogens with one attached hydrogen (secondary N) is 2. The topological polar surface area (TPSA) is 67.4 Å². The third-order valence-electron chi connectivity index (χ3n) is 1.94. The molecule has 1 aromatic rings. The summed E-state index contributed by atoms with van der Waals surface area (Å²) in [6.07, 6.45) is 1.50. The number of carbonyl (C=O) groups excluding carboxylic acids is 2. The Kier molecular flexibility index (Phi) is 4.75. The summed E-state index contributed by atoms with van der Waals surface area (Å²) < 4.78 is 5.00. The van der Waals surface area contributed by atoms with Crippen LogP contribution < -0.4 is 15.4 Å². The molecule has 2 amide bonds. The van der Waals surface area contributed by atoms with Crippen LogP contribution in [0, 0.1) is 0 Å². The predicted octanol–water partition coefficient (Wildman–Crippen LogP) is 0.936. The highest BCUT2D eigenvalue weighted by Gasteiger charge is 2.12. The molecule has 0 radical (unpaired) electrons. The minimum absolute atomic E-state index is 0.254. The van der Waals surface area contributed by atoms with Crippen molar-refractivity contribution in [2.45, 2.75) is 0 Å². The Hall–Kier alpha value is -2.30. The van der Waals surface area contributed by atoms with Gasteiger partial charge in [-0.25, -0.2) is 0 Å². The van der Waals surface area contributed by atoms with E-state index in [1.54, 1.807) is 24.3 Å². The Balaban J connectivity index is 2.60. The van der Waals surface area contributed by atoms with Crippen molar-refractivity contribution in [2.75, 3.05) is 19.0 Å². The molecule has 0 aromatic heterocycles. The van der Waals surface area contributed by atoms with Crippen LogP contribution in [0.5, 0.6) is 5.75 Å². The van der Waals surface area contributed by atoms with Crippen LogP contribution in [-0.4, -0.2) is 25.5 Å². The highest BCUT2D eigenvalue weighted by molar-refractivity contribution is 6.39. The van der Waals surface area contributed by atoms with Crippen molar-refractivity contribution in [2.24, 2.45) is 0 Å². The average molecular weight is 234 g/mol. The Bertz CT molecular complexity index is 430. The molecule has 0 aliphatic rings. The molecular formula is C12H14N2O3. The maximum absolute atomic E-state index is 11.4. The van der Waals surface area contributed by atoms with Gasteiger partial charge in [0.2, 0.25) is 0 Å². The number of rotatable bonds is 4. The lowest BCUT2D eigenvalue weighted by Crippen LogP contribution is -2.35. The first-order chi connectivity index (χ1) is 8.17. The highest BCUT2D eigenvalue weighted by atomic mass is 16.5. The number of hydrogen-bond donors (Lipinski definition) is 2. The predicted molar refractivity (Wildman–Crippen MR) is 64.8 cm³/mol. The molecule has 0 fully saturated rings. The molecule has 1 aromatic carbocycles. The van der Waals surface area contributed by atoms with Gasteiger partial charge in [-0.1, -0.05) is 12.1 Å². The summed E-state index contributed by atoms with van der Waals surface area (Å²) >= 11 is 0. The van der Waals surface area contributed by atoms with Crippen molar-refractivity contribution < 1.29 is 14.3 Å². The molecule has 5 nitrogen and oxygen atoms in total. The average Bonchev–Trinajstić information content (AvgIpc) is 2.36. The van der Waals surface area contributed by atoms with Gasteiger partial charge < -0.3 is 15.4 Å². The van der Waals surface area contributed by atoms with Crippen LogP contribution in [-0.2, 0) is 9.59 Å². The Labute approximate surface area is 99.5 Å². The van der Waals surface area contributed by atoms with Crippen LogP contribution in [0.25, 0.3) is 0 Å². The number of methoxy groups -OCH3 is 1. The monoisotopic (exact) mass is 234 g/mol. The van der Waals surface area contributed by atoms with Gasteiger partial charge in [0.1, 0.15) is 5.75 Å². The summed E-state index contributed by atoms with van der Waals surface area (Å²) in [6.45, 7) is 3.69. The standard InChI is InChI=1S/C12H14N2O3/c1-3-7-13-11(15)12(16)14-9-5-4-6-10(8-9)17-2/h3-6,8H,1,7H2,2H3,(H,13,15)(H,14,16). The van der Waals surface area contributed by atoms with Crippen LogP contribution >= 0.6 is 0 Å². The minimum Gasteiger partial charge on any atom is -0.497 e. The maximum Gasteiger partial charge on any atom is 0.313 e. The van der Waals surface area contributed by atoms with E-state index < -0.39 is 11.8 Å². The molecule has 2 N–H and O–H groups in total. The molecule has 5 heteroatoms. The van der Waals surface area contributed by atoms with Crippen molar-refractivity contribution in [1.29, 1.82) is 0 Å². The quantitative estimate of drug-likeness (QED) is 0.601. The first-order valence-corrected chi connectivity index (χ1v) is 5.01. The van der Waals surface area contributed by atoms with E-state index in [9.17, 15) is 9.59 Å². The summed E-state index contributed by atoms with van der Waals surface area (Å²) in [5.41, 5.74) is 0.503. The zero-order valence-electron chi connectivity index (χ0n) is 9.53. The molecule has 0 bridgehead atoms. The van der Waals surface area contributed by atoms with Gasteiger partial charge in [0.05, 0.1) is 7.11 Å². The summed E-state index contributed by atoms with van der Waals surface area (Å²) in [7, 11) is 1.53. The second kappa shape index (κ2) is 6.32. The number of ether oxygens (including phenoxy) is 1. The normalized spacial score (nSPS) is 9.24. The number of amides is 2. The van der Waals surface area contributed by atoms with Gasteiger partial charge in [-0.3, -0.25) is 9.59 Å². The van der Waals surface area contributed by atoms with E-state index in [-0.39, 0.29) is 6.54 Å². The second-order valence-corrected chi connectivity index (χ2v) is 3.18. The molecule has 0 atom stereocenters. The summed E-state index contributed by atoms with van der Waals surface area (Å²) in [5.74, 6) is -0.817. The molecule has 0 saturated carbocycles. The van der Waals surface area contributed by atoms with Crippen molar-refractivity contribution in [3.05, 3.63) is 36.9 Å². The number of benzene rings is 1. The summed E-state index contributed by atoms with van der Waals surface area (Å²) in [6, 6.07) is 6.75. The molecule has 0 aliphatic heterocycles. The number of carbonyl (C=O) groups is 2. The fourth-order valence-electron chi connectivity index (χ4n) is 1.13. The van der Waals surface area contributed by atoms with Crippen LogP contribution in [0.15, 0.2) is 36.9 Å². The van der Waals surface area contributed by atoms with Gasteiger partial charge in [0.15, 0.2) is 0 Å².